The Balaban J connectivity index is 1.63. The van der Waals surface area contributed by atoms with E-state index < -0.39 is 0 Å². The smallest absolute Gasteiger partial charge is 0.165 e. The van der Waals surface area contributed by atoms with Crippen LogP contribution >= 0.6 is 0 Å². The minimum absolute atomic E-state index is 0.442. The lowest BCUT2D eigenvalue weighted by Crippen LogP contribution is -2.24. The van der Waals surface area contributed by atoms with Crippen LogP contribution in [-0.4, -0.2) is 39.5 Å². The lowest BCUT2D eigenvalue weighted by Gasteiger charge is -2.08. The first kappa shape index (κ1) is 13.4. The molecule has 1 aliphatic carbocycles. The molecular formula is C12H23N5O. The van der Waals surface area contributed by atoms with Crippen LogP contribution in [0.25, 0.3) is 0 Å². The number of rotatable bonds is 9. The molecule has 0 bridgehead atoms. The maximum Gasteiger partial charge on any atom is 0.165 e. The molecule has 102 valence electrons. The molecule has 6 nitrogen and oxygen atoms in total. The average molecular weight is 253 g/mol. The minimum atomic E-state index is 0.442. The van der Waals surface area contributed by atoms with Crippen LogP contribution in [0.1, 0.15) is 38.9 Å². The monoisotopic (exact) mass is 253 g/mol. The number of tetrazole rings is 1. The van der Waals surface area contributed by atoms with Gasteiger partial charge in [0.15, 0.2) is 5.82 Å². The van der Waals surface area contributed by atoms with Gasteiger partial charge < -0.3 is 10.1 Å². The van der Waals surface area contributed by atoms with Gasteiger partial charge in [-0.15, -0.1) is 5.10 Å². The molecule has 1 heterocycles. The van der Waals surface area contributed by atoms with Crippen molar-refractivity contribution in [3.05, 3.63) is 5.82 Å². The Kier molecular flexibility index (Phi) is 5.07. The second-order valence-electron chi connectivity index (χ2n) is 5.23. The molecule has 6 heteroatoms. The fourth-order valence-electron chi connectivity index (χ4n) is 1.67. The van der Waals surface area contributed by atoms with Crippen LogP contribution in [0, 0.1) is 5.92 Å². The summed E-state index contributed by atoms with van der Waals surface area (Å²) in [6, 6.07) is 0.442. The summed E-state index contributed by atoms with van der Waals surface area (Å²) in [4.78, 5) is 0. The summed E-state index contributed by atoms with van der Waals surface area (Å²) in [5.41, 5.74) is 0. The Morgan fingerprint density at radius 1 is 1.44 bits per heavy atom. The van der Waals surface area contributed by atoms with Gasteiger partial charge >= 0.3 is 0 Å². The quantitative estimate of drug-likeness (QED) is 0.665. The molecule has 0 saturated heterocycles. The third-order valence-electron chi connectivity index (χ3n) is 2.98. The fraction of sp³-hybridized carbons (Fsp3) is 0.917. The zero-order chi connectivity index (χ0) is 12.8. The normalized spacial score (nSPS) is 15.5. The average Bonchev–Trinajstić information content (AvgIpc) is 3.05. The molecule has 2 rings (SSSR count). The topological polar surface area (TPSA) is 64.9 Å². The van der Waals surface area contributed by atoms with E-state index in [-0.39, 0.29) is 0 Å². The first-order valence-corrected chi connectivity index (χ1v) is 6.82. The third-order valence-corrected chi connectivity index (χ3v) is 2.98. The van der Waals surface area contributed by atoms with Crippen molar-refractivity contribution in [2.24, 2.45) is 5.92 Å². The van der Waals surface area contributed by atoms with Crippen molar-refractivity contribution in [2.45, 2.75) is 52.2 Å². The molecule has 18 heavy (non-hydrogen) atoms. The molecule has 1 aromatic heterocycles. The molecule has 1 saturated carbocycles. The zero-order valence-electron chi connectivity index (χ0n) is 11.3. The highest BCUT2D eigenvalue weighted by molar-refractivity contribution is 4.80. The Morgan fingerprint density at radius 3 is 3.00 bits per heavy atom. The molecule has 1 N–H and O–H groups in total. The van der Waals surface area contributed by atoms with Crippen molar-refractivity contribution in [3.8, 4) is 0 Å². The number of aromatic nitrogens is 4. The van der Waals surface area contributed by atoms with Gasteiger partial charge in [0.25, 0.3) is 0 Å². The van der Waals surface area contributed by atoms with Crippen molar-refractivity contribution in [2.75, 3.05) is 13.2 Å². The number of hydrogen-bond acceptors (Lipinski definition) is 5. The van der Waals surface area contributed by atoms with Crippen LogP contribution in [0.3, 0.4) is 0 Å². The van der Waals surface area contributed by atoms with Crippen LogP contribution in [0.2, 0.25) is 0 Å². The van der Waals surface area contributed by atoms with Crippen molar-refractivity contribution < 1.29 is 4.74 Å². The van der Waals surface area contributed by atoms with E-state index in [1.165, 1.54) is 12.8 Å². The molecule has 0 unspecified atom stereocenters. The van der Waals surface area contributed by atoms with Gasteiger partial charge in [-0.05, 0) is 35.6 Å². The second-order valence-corrected chi connectivity index (χ2v) is 5.23. The van der Waals surface area contributed by atoms with E-state index in [0.29, 0.717) is 12.6 Å². The Labute approximate surface area is 108 Å². The van der Waals surface area contributed by atoms with Crippen LogP contribution < -0.4 is 5.32 Å². The maximum absolute atomic E-state index is 5.60. The highest BCUT2D eigenvalue weighted by Gasteiger charge is 2.20. The number of ether oxygens (including phenoxy) is 1. The van der Waals surface area contributed by atoms with Crippen LogP contribution in [0.5, 0.6) is 0 Å². The SMILES string of the molecule is CC(C)NCc1nnnn1CCCOCC1CC1. The Bertz CT molecular complexity index is 348. The lowest BCUT2D eigenvalue weighted by molar-refractivity contribution is 0.118. The first-order chi connectivity index (χ1) is 8.75. The van der Waals surface area contributed by atoms with E-state index in [4.69, 9.17) is 4.74 Å². The summed E-state index contributed by atoms with van der Waals surface area (Å²) in [7, 11) is 0. The molecular weight excluding hydrogens is 230 g/mol. The van der Waals surface area contributed by atoms with Gasteiger partial charge in [0.05, 0.1) is 6.54 Å². The van der Waals surface area contributed by atoms with Crippen molar-refractivity contribution >= 4 is 0 Å². The summed E-state index contributed by atoms with van der Waals surface area (Å²) in [6.45, 7) is 7.49. The van der Waals surface area contributed by atoms with Crippen molar-refractivity contribution in [3.63, 3.8) is 0 Å². The van der Waals surface area contributed by atoms with E-state index in [2.05, 4.69) is 34.7 Å². The molecule has 0 aromatic carbocycles. The van der Waals surface area contributed by atoms with Gasteiger partial charge in [0, 0.05) is 25.8 Å². The van der Waals surface area contributed by atoms with Gasteiger partial charge in [0.2, 0.25) is 0 Å². The number of nitrogens with zero attached hydrogens (tertiary/aromatic N) is 4. The minimum Gasteiger partial charge on any atom is -0.381 e. The van der Waals surface area contributed by atoms with Gasteiger partial charge in [-0.2, -0.15) is 0 Å². The van der Waals surface area contributed by atoms with E-state index >= 15 is 0 Å². The van der Waals surface area contributed by atoms with Gasteiger partial charge in [0.1, 0.15) is 0 Å². The Hall–Kier alpha value is -1.01. The number of nitrogens with one attached hydrogen (secondary N) is 1. The molecule has 1 fully saturated rings. The predicted octanol–water partition coefficient (Wildman–Crippen LogP) is 0.988. The summed E-state index contributed by atoms with van der Waals surface area (Å²) in [6.07, 6.45) is 3.66. The summed E-state index contributed by atoms with van der Waals surface area (Å²) in [5, 5.41) is 15.1. The van der Waals surface area contributed by atoms with Crippen LogP contribution in [-0.2, 0) is 17.8 Å². The van der Waals surface area contributed by atoms with Gasteiger partial charge in [-0.3, -0.25) is 0 Å². The standard InChI is InChI=1S/C12H23N5O/c1-10(2)13-8-12-14-15-16-17(12)6-3-7-18-9-11-4-5-11/h10-11,13H,3-9H2,1-2H3. The Morgan fingerprint density at radius 2 is 2.28 bits per heavy atom. The highest BCUT2D eigenvalue weighted by Crippen LogP contribution is 2.28. The number of aryl methyl sites for hydroxylation is 1. The molecule has 0 aliphatic heterocycles. The fourth-order valence-corrected chi connectivity index (χ4v) is 1.67. The molecule has 0 radical (unpaired) electrons. The summed E-state index contributed by atoms with van der Waals surface area (Å²) in [5.74, 6) is 1.73. The largest absolute Gasteiger partial charge is 0.381 e. The molecule has 1 aliphatic rings. The van der Waals surface area contributed by atoms with E-state index in [0.717, 1.165) is 37.9 Å². The maximum atomic E-state index is 5.60. The van der Waals surface area contributed by atoms with Crippen molar-refractivity contribution in [1.82, 2.24) is 25.5 Å². The molecule has 0 spiro atoms. The predicted molar refractivity (Wildman–Crippen MR) is 68.0 cm³/mol. The lowest BCUT2D eigenvalue weighted by atomic mass is 10.4. The summed E-state index contributed by atoms with van der Waals surface area (Å²) >= 11 is 0. The van der Waals surface area contributed by atoms with Crippen LogP contribution in [0.4, 0.5) is 0 Å². The summed E-state index contributed by atoms with van der Waals surface area (Å²) < 4.78 is 7.45. The first-order valence-electron chi connectivity index (χ1n) is 6.82. The molecule has 0 atom stereocenters. The van der Waals surface area contributed by atoms with E-state index in [9.17, 15) is 0 Å². The third kappa shape index (κ3) is 4.70. The molecule has 1 aromatic rings. The van der Waals surface area contributed by atoms with Gasteiger partial charge in [-0.25, -0.2) is 4.68 Å². The molecule has 0 amide bonds. The van der Waals surface area contributed by atoms with Crippen molar-refractivity contribution in [1.29, 1.82) is 0 Å². The van der Waals surface area contributed by atoms with Crippen LogP contribution in [0.15, 0.2) is 0 Å². The second kappa shape index (κ2) is 6.80. The van der Waals surface area contributed by atoms with Gasteiger partial charge in [-0.1, -0.05) is 13.8 Å². The highest BCUT2D eigenvalue weighted by atomic mass is 16.5. The zero-order valence-corrected chi connectivity index (χ0v) is 11.3. The van der Waals surface area contributed by atoms with E-state index in [1.54, 1.807) is 0 Å². The number of hydrogen-bond donors (Lipinski definition) is 1. The van der Waals surface area contributed by atoms with E-state index in [1.807, 2.05) is 4.68 Å².